The van der Waals surface area contributed by atoms with Crippen molar-refractivity contribution >= 4 is 28.4 Å². The van der Waals surface area contributed by atoms with E-state index in [0.29, 0.717) is 25.7 Å². The normalized spacial score (nSPS) is 36.3. The van der Waals surface area contributed by atoms with Crippen molar-refractivity contribution in [1.82, 2.24) is 40.3 Å². The standard InChI is InChI=1S/C31H43N9O3/c1-36-14-11-22(18-36)37-15-10-20-16-21(6-7-24(20)37)33-31-32-17-23-28(35-31)40-26-9-8-25-29(34-26)38(27(41)19-43-25)12-4-2-3-5-13-39(40)30(23)42/h3,5-7,10,15-16,22-23,25-26,28-29,31-35H,2,4,8-9,11-14,17-19H2,1H3/b5-3-. The molecule has 1 aromatic heterocycles. The maximum Gasteiger partial charge on any atom is 0.249 e. The van der Waals surface area contributed by atoms with E-state index in [4.69, 9.17) is 4.74 Å². The molecule has 230 valence electrons. The largest absolute Gasteiger partial charge is 0.365 e. The van der Waals surface area contributed by atoms with Gasteiger partial charge in [-0.3, -0.25) is 30.5 Å². The van der Waals surface area contributed by atoms with Crippen LogP contribution >= 0.6 is 0 Å². The van der Waals surface area contributed by atoms with Gasteiger partial charge in [0.15, 0.2) is 0 Å². The fourth-order valence-corrected chi connectivity index (χ4v) is 8.05. The zero-order valence-electron chi connectivity index (χ0n) is 24.8. The second kappa shape index (κ2) is 11.2. The Labute approximate surface area is 252 Å². The Kier molecular flexibility index (Phi) is 7.16. The van der Waals surface area contributed by atoms with Crippen molar-refractivity contribution in [1.29, 1.82) is 0 Å². The Bertz CT molecular complexity index is 1410. The van der Waals surface area contributed by atoms with Crippen LogP contribution in [0.3, 0.4) is 0 Å². The highest BCUT2D eigenvalue weighted by molar-refractivity contribution is 5.84. The van der Waals surface area contributed by atoms with Crippen LogP contribution in [0.5, 0.6) is 0 Å². The minimum Gasteiger partial charge on any atom is -0.365 e. The van der Waals surface area contributed by atoms with Crippen LogP contribution in [-0.4, -0.2) is 113 Å². The second-order valence-electron chi connectivity index (χ2n) is 13.0. The van der Waals surface area contributed by atoms with Crippen LogP contribution in [0.15, 0.2) is 42.6 Å². The number of likely N-dealkylation sites (tertiary alicyclic amines) is 1. The molecule has 5 fully saturated rings. The van der Waals surface area contributed by atoms with Crippen molar-refractivity contribution in [2.75, 3.05) is 51.7 Å². The van der Waals surface area contributed by atoms with Crippen molar-refractivity contribution in [3.05, 3.63) is 42.6 Å². The second-order valence-corrected chi connectivity index (χ2v) is 13.0. The summed E-state index contributed by atoms with van der Waals surface area (Å²) < 4.78 is 8.37. The van der Waals surface area contributed by atoms with Crippen molar-refractivity contribution < 1.29 is 14.3 Å². The molecule has 6 aliphatic heterocycles. The molecule has 8 rings (SSSR count). The van der Waals surface area contributed by atoms with Gasteiger partial charge >= 0.3 is 0 Å². The van der Waals surface area contributed by atoms with Crippen molar-refractivity contribution in [2.45, 2.75) is 69.0 Å². The Morgan fingerprint density at radius 2 is 1.95 bits per heavy atom. The maximum atomic E-state index is 13.8. The number of hydrazine groups is 1. The van der Waals surface area contributed by atoms with E-state index in [2.05, 4.69) is 85.4 Å². The molecule has 7 unspecified atom stereocenters. The number of allylic oxidation sites excluding steroid dienone is 1. The number of piperidine rings is 1. The van der Waals surface area contributed by atoms with E-state index < -0.39 is 0 Å². The summed E-state index contributed by atoms with van der Waals surface area (Å²) in [4.78, 5) is 31.0. The number of rotatable bonds is 3. The number of hydrogen-bond donors (Lipinski definition) is 4. The minimum atomic E-state index is -0.211. The predicted octanol–water partition coefficient (Wildman–Crippen LogP) is 1.02. The fraction of sp³-hybridized carbons (Fsp3) is 0.613. The van der Waals surface area contributed by atoms with Crippen LogP contribution in [0.1, 0.15) is 38.1 Å². The molecule has 2 bridgehead atoms. The van der Waals surface area contributed by atoms with Crippen LogP contribution in [0.2, 0.25) is 0 Å². The number of fused-ring (bicyclic) bond motifs is 6. The van der Waals surface area contributed by atoms with Gasteiger partial charge in [-0.25, -0.2) is 0 Å². The SMILES string of the molecule is CN1CCC(n2ccc3cc(NC4NCC5C(=O)N6C/C=C\CCCN7C(=O)COC8CCC(NC87)N6C5N4)ccc32)C1. The molecule has 2 aromatic rings. The van der Waals surface area contributed by atoms with Gasteiger partial charge in [0.05, 0.1) is 30.9 Å². The van der Waals surface area contributed by atoms with Crippen molar-refractivity contribution in [3.63, 3.8) is 0 Å². The smallest absolute Gasteiger partial charge is 0.249 e. The van der Waals surface area contributed by atoms with E-state index in [1.807, 2.05) is 9.91 Å². The Balaban J connectivity index is 1.02. The molecule has 43 heavy (non-hydrogen) atoms. The first kappa shape index (κ1) is 27.5. The first-order chi connectivity index (χ1) is 21.0. The lowest BCUT2D eigenvalue weighted by Crippen LogP contribution is -2.72. The first-order valence-corrected chi connectivity index (χ1v) is 16.0. The lowest BCUT2D eigenvalue weighted by atomic mass is 9.99. The molecule has 1 aromatic carbocycles. The zero-order valence-corrected chi connectivity index (χ0v) is 24.8. The summed E-state index contributed by atoms with van der Waals surface area (Å²) in [6, 6.07) is 9.31. The van der Waals surface area contributed by atoms with E-state index in [1.165, 1.54) is 17.3 Å². The quantitative estimate of drug-likeness (QED) is 0.391. The van der Waals surface area contributed by atoms with Crippen LogP contribution in [0, 0.1) is 5.92 Å². The van der Waals surface area contributed by atoms with Crippen LogP contribution in [0.25, 0.3) is 10.9 Å². The minimum absolute atomic E-state index is 0.0234. The van der Waals surface area contributed by atoms with Crippen molar-refractivity contribution in [2.24, 2.45) is 5.92 Å². The molecule has 12 nitrogen and oxygen atoms in total. The van der Waals surface area contributed by atoms with Gasteiger partial charge in [0.2, 0.25) is 11.8 Å². The van der Waals surface area contributed by atoms with Gasteiger partial charge in [-0.1, -0.05) is 12.2 Å². The number of carbonyl (C=O) groups is 2. The van der Waals surface area contributed by atoms with Crippen LogP contribution in [0.4, 0.5) is 5.69 Å². The van der Waals surface area contributed by atoms with Gasteiger partial charge in [-0.05, 0) is 70.0 Å². The number of carbonyl (C=O) groups excluding carboxylic acids is 2. The molecule has 0 radical (unpaired) electrons. The average molecular weight is 590 g/mol. The molecular weight excluding hydrogens is 546 g/mol. The number of hydrogen-bond acceptors (Lipinski definition) is 9. The van der Waals surface area contributed by atoms with E-state index >= 15 is 0 Å². The fourth-order valence-electron chi connectivity index (χ4n) is 8.05. The number of anilines is 1. The Morgan fingerprint density at radius 3 is 2.84 bits per heavy atom. The van der Waals surface area contributed by atoms with Crippen molar-refractivity contribution in [3.8, 4) is 0 Å². The number of aromatic nitrogens is 1. The summed E-state index contributed by atoms with van der Waals surface area (Å²) in [6.45, 7) is 4.20. The number of nitrogens with one attached hydrogen (secondary N) is 4. The summed E-state index contributed by atoms with van der Waals surface area (Å²) in [5, 5.41) is 20.0. The number of nitrogens with zero attached hydrogens (tertiary/aromatic N) is 5. The van der Waals surface area contributed by atoms with Gasteiger partial charge in [0.25, 0.3) is 0 Å². The number of amides is 2. The molecule has 2 amide bonds. The molecule has 0 aliphatic carbocycles. The van der Waals surface area contributed by atoms with Gasteiger partial charge in [-0.15, -0.1) is 0 Å². The number of benzene rings is 1. The third kappa shape index (κ3) is 4.94. The maximum absolute atomic E-state index is 13.8. The third-order valence-corrected chi connectivity index (χ3v) is 10.2. The lowest BCUT2D eigenvalue weighted by Gasteiger charge is -2.50. The predicted molar refractivity (Wildman–Crippen MR) is 162 cm³/mol. The average Bonchev–Trinajstić information content (AvgIpc) is 3.70. The van der Waals surface area contributed by atoms with E-state index in [-0.39, 0.29) is 55.2 Å². The molecule has 4 N–H and O–H groups in total. The molecule has 7 heterocycles. The summed E-state index contributed by atoms with van der Waals surface area (Å²) in [5.41, 5.74) is 2.29. The zero-order chi connectivity index (χ0) is 29.1. The number of ether oxygens (including phenoxy) is 1. The van der Waals surface area contributed by atoms with E-state index in [1.54, 1.807) is 0 Å². The highest BCUT2D eigenvalue weighted by Gasteiger charge is 2.53. The van der Waals surface area contributed by atoms with E-state index in [0.717, 1.165) is 44.5 Å². The monoisotopic (exact) mass is 589 g/mol. The number of likely N-dealkylation sites (N-methyl/N-ethyl adjacent to an activating group) is 1. The van der Waals surface area contributed by atoms with Crippen LogP contribution in [-0.2, 0) is 14.3 Å². The molecule has 0 spiro atoms. The molecule has 6 aliphatic rings. The first-order valence-electron chi connectivity index (χ1n) is 16.0. The Hall–Kier alpha value is -3.00. The number of morpholine rings is 1. The summed E-state index contributed by atoms with van der Waals surface area (Å²) in [7, 11) is 2.19. The van der Waals surface area contributed by atoms with Gasteiger partial charge in [0, 0.05) is 48.5 Å². The lowest BCUT2D eigenvalue weighted by molar-refractivity contribution is -0.176. The summed E-state index contributed by atoms with van der Waals surface area (Å²) in [5.74, 6) is -0.0467. The summed E-state index contributed by atoms with van der Waals surface area (Å²) >= 11 is 0. The van der Waals surface area contributed by atoms with Crippen LogP contribution < -0.4 is 21.3 Å². The molecule has 5 saturated heterocycles. The van der Waals surface area contributed by atoms with Gasteiger partial charge in [-0.2, -0.15) is 5.01 Å². The molecular formula is C31H43N9O3. The van der Waals surface area contributed by atoms with Gasteiger partial charge in [0.1, 0.15) is 19.1 Å². The molecule has 0 saturated carbocycles. The third-order valence-electron chi connectivity index (χ3n) is 10.2. The molecule has 12 heteroatoms. The topological polar surface area (TPSA) is 109 Å². The molecule has 7 atom stereocenters. The highest BCUT2D eigenvalue weighted by Crippen LogP contribution is 2.34. The highest BCUT2D eigenvalue weighted by atomic mass is 16.5. The Morgan fingerprint density at radius 1 is 1.02 bits per heavy atom. The van der Waals surface area contributed by atoms with Gasteiger partial charge < -0.3 is 24.4 Å². The van der Waals surface area contributed by atoms with E-state index in [9.17, 15) is 9.59 Å². The summed E-state index contributed by atoms with van der Waals surface area (Å²) in [6.07, 6.45) is 10.4.